The molecule has 2 aliphatic rings. The van der Waals surface area contributed by atoms with Crippen LogP contribution in [0.15, 0.2) is 48.5 Å². The molecule has 1 N–H and O–H groups in total. The highest BCUT2D eigenvalue weighted by Gasteiger charge is 2.25. The third-order valence-corrected chi connectivity index (χ3v) is 6.66. The Morgan fingerprint density at radius 2 is 1.88 bits per heavy atom. The monoisotopic (exact) mass is 427 g/mol. The lowest BCUT2D eigenvalue weighted by Gasteiger charge is -2.22. The summed E-state index contributed by atoms with van der Waals surface area (Å²) in [4.78, 5) is 22.9. The van der Waals surface area contributed by atoms with Gasteiger partial charge in [0, 0.05) is 5.56 Å². The summed E-state index contributed by atoms with van der Waals surface area (Å²) in [5, 5.41) is 3.09. The molecule has 5 nitrogen and oxygen atoms in total. The Hall–Kier alpha value is -3.21. The third-order valence-electron chi connectivity index (χ3n) is 6.66. The maximum absolute atomic E-state index is 12.8. The summed E-state index contributed by atoms with van der Waals surface area (Å²) in [5.41, 5.74) is 6.22. The highest BCUT2D eigenvalue weighted by molar-refractivity contribution is 5.92. The first-order valence-corrected chi connectivity index (χ1v) is 11.6. The van der Waals surface area contributed by atoms with Crippen LogP contribution in [0.25, 0.3) is 11.3 Å². The Morgan fingerprint density at radius 1 is 1.06 bits per heavy atom. The first-order valence-electron chi connectivity index (χ1n) is 11.6. The molecular formula is C27H29N3O2. The number of hydrogen-bond acceptors (Lipinski definition) is 4. The van der Waals surface area contributed by atoms with Gasteiger partial charge < -0.3 is 10.1 Å². The minimum Gasteiger partial charge on any atom is -0.497 e. The van der Waals surface area contributed by atoms with E-state index in [2.05, 4.69) is 17.4 Å². The van der Waals surface area contributed by atoms with Gasteiger partial charge in [0.15, 0.2) is 5.82 Å². The van der Waals surface area contributed by atoms with Gasteiger partial charge in [0.2, 0.25) is 5.91 Å². The molecule has 0 saturated heterocycles. The number of hydrogen-bond donors (Lipinski definition) is 1. The lowest BCUT2D eigenvalue weighted by atomic mass is 9.91. The van der Waals surface area contributed by atoms with Crippen LogP contribution in [-0.4, -0.2) is 23.0 Å². The Kier molecular flexibility index (Phi) is 5.89. The second kappa shape index (κ2) is 9.11. The van der Waals surface area contributed by atoms with Gasteiger partial charge in [-0.15, -0.1) is 0 Å². The number of anilines is 1. The molecule has 0 aliphatic heterocycles. The summed E-state index contributed by atoms with van der Waals surface area (Å²) in [6, 6.07) is 16.0. The van der Waals surface area contributed by atoms with Crippen LogP contribution in [0, 0.1) is 5.92 Å². The number of amides is 1. The van der Waals surface area contributed by atoms with Crippen LogP contribution in [0.5, 0.6) is 5.75 Å². The van der Waals surface area contributed by atoms with Crippen molar-refractivity contribution in [1.29, 1.82) is 0 Å². The van der Waals surface area contributed by atoms with Crippen molar-refractivity contribution >= 4 is 11.7 Å². The number of rotatable bonds is 6. The fraction of sp³-hybridized carbons (Fsp3) is 0.370. The number of nitrogens with zero attached hydrogens (tertiary/aromatic N) is 2. The zero-order chi connectivity index (χ0) is 21.9. The van der Waals surface area contributed by atoms with Gasteiger partial charge >= 0.3 is 0 Å². The van der Waals surface area contributed by atoms with Crippen LogP contribution in [-0.2, 0) is 30.5 Å². The van der Waals surface area contributed by atoms with E-state index in [-0.39, 0.29) is 5.91 Å². The summed E-state index contributed by atoms with van der Waals surface area (Å²) in [7, 11) is 1.70. The van der Waals surface area contributed by atoms with E-state index >= 15 is 0 Å². The molecule has 1 amide bonds. The molecule has 0 bridgehead atoms. The average molecular weight is 428 g/mol. The Morgan fingerprint density at radius 3 is 2.66 bits per heavy atom. The van der Waals surface area contributed by atoms with Crippen molar-refractivity contribution in [2.24, 2.45) is 5.92 Å². The van der Waals surface area contributed by atoms with Crippen LogP contribution in [0.2, 0.25) is 0 Å². The molecule has 3 aromatic rings. The van der Waals surface area contributed by atoms with Gasteiger partial charge in [-0.3, -0.25) is 4.79 Å². The molecule has 1 fully saturated rings. The Labute approximate surface area is 189 Å². The van der Waals surface area contributed by atoms with Crippen LogP contribution in [0.3, 0.4) is 0 Å². The van der Waals surface area contributed by atoms with Crippen LogP contribution >= 0.6 is 0 Å². The first kappa shape index (κ1) is 20.7. The normalized spacial score (nSPS) is 15.2. The standard InChI is InChI=1S/C27H29N3O2/c1-32-21-12-13-22-20(17-21)11-14-23-26(22)28-24(15-18-9-5-6-10-18)27(29-23)30-25(31)16-19-7-3-2-4-8-19/h2-4,7-8,12-13,17-18H,5-6,9-11,14-16H2,1H3,(H,29,30,31). The molecule has 0 spiro atoms. The quantitative estimate of drug-likeness (QED) is 0.590. The number of ether oxygens (including phenoxy) is 1. The average Bonchev–Trinajstić information content (AvgIpc) is 3.33. The summed E-state index contributed by atoms with van der Waals surface area (Å²) in [6.07, 6.45) is 7.93. The maximum atomic E-state index is 12.8. The van der Waals surface area contributed by atoms with Crippen molar-refractivity contribution in [2.75, 3.05) is 12.4 Å². The van der Waals surface area contributed by atoms with E-state index in [1.807, 2.05) is 36.4 Å². The van der Waals surface area contributed by atoms with Gasteiger partial charge in [0.25, 0.3) is 0 Å². The Bertz CT molecular complexity index is 1120. The molecule has 0 unspecified atom stereocenters. The number of carbonyl (C=O) groups is 1. The fourth-order valence-electron chi connectivity index (χ4n) is 4.97. The highest BCUT2D eigenvalue weighted by Crippen LogP contribution is 2.36. The van der Waals surface area contributed by atoms with Gasteiger partial charge in [-0.2, -0.15) is 0 Å². The first-order chi connectivity index (χ1) is 15.7. The van der Waals surface area contributed by atoms with Crippen molar-refractivity contribution < 1.29 is 9.53 Å². The molecule has 2 aromatic carbocycles. The largest absolute Gasteiger partial charge is 0.497 e. The molecule has 0 atom stereocenters. The highest BCUT2D eigenvalue weighted by atomic mass is 16.5. The van der Waals surface area contributed by atoms with Crippen molar-refractivity contribution in [2.45, 2.75) is 51.4 Å². The van der Waals surface area contributed by atoms with E-state index in [4.69, 9.17) is 14.7 Å². The van der Waals surface area contributed by atoms with E-state index in [0.717, 1.165) is 53.2 Å². The van der Waals surface area contributed by atoms with Crippen LogP contribution in [0.4, 0.5) is 5.82 Å². The summed E-state index contributed by atoms with van der Waals surface area (Å²) >= 11 is 0. The van der Waals surface area contributed by atoms with Gasteiger partial charge in [-0.25, -0.2) is 9.97 Å². The van der Waals surface area contributed by atoms with Crippen molar-refractivity contribution in [1.82, 2.24) is 9.97 Å². The zero-order valence-corrected chi connectivity index (χ0v) is 18.6. The molecule has 5 heteroatoms. The van der Waals surface area contributed by atoms with Gasteiger partial charge in [0.1, 0.15) is 5.75 Å². The van der Waals surface area contributed by atoms with E-state index in [1.54, 1.807) is 7.11 Å². The number of aromatic nitrogens is 2. The van der Waals surface area contributed by atoms with E-state index in [1.165, 1.54) is 31.2 Å². The predicted octanol–water partition coefficient (Wildman–Crippen LogP) is 5.16. The molecule has 32 heavy (non-hydrogen) atoms. The molecule has 0 radical (unpaired) electrons. The fourth-order valence-corrected chi connectivity index (χ4v) is 4.97. The van der Waals surface area contributed by atoms with Crippen molar-refractivity contribution in [3.05, 3.63) is 71.0 Å². The lowest BCUT2D eigenvalue weighted by molar-refractivity contribution is -0.115. The molecule has 164 valence electrons. The molecule has 1 aromatic heterocycles. The predicted molar refractivity (Wildman–Crippen MR) is 126 cm³/mol. The van der Waals surface area contributed by atoms with Crippen LogP contribution < -0.4 is 10.1 Å². The maximum Gasteiger partial charge on any atom is 0.229 e. The zero-order valence-electron chi connectivity index (χ0n) is 18.6. The van der Waals surface area contributed by atoms with Gasteiger partial charge in [-0.1, -0.05) is 56.0 Å². The summed E-state index contributed by atoms with van der Waals surface area (Å²) in [6.45, 7) is 0. The Balaban J connectivity index is 1.47. The van der Waals surface area contributed by atoms with Crippen LogP contribution in [0.1, 0.15) is 48.2 Å². The minimum absolute atomic E-state index is 0.0425. The van der Waals surface area contributed by atoms with E-state index in [9.17, 15) is 4.79 Å². The topological polar surface area (TPSA) is 64.1 Å². The molecule has 2 aliphatic carbocycles. The number of nitrogens with one attached hydrogen (secondary N) is 1. The van der Waals surface area contributed by atoms with E-state index in [0.29, 0.717) is 18.2 Å². The minimum atomic E-state index is -0.0425. The molecular weight excluding hydrogens is 398 g/mol. The number of methoxy groups -OCH3 is 1. The van der Waals surface area contributed by atoms with Gasteiger partial charge in [0.05, 0.1) is 30.6 Å². The third kappa shape index (κ3) is 4.38. The van der Waals surface area contributed by atoms with E-state index < -0.39 is 0 Å². The van der Waals surface area contributed by atoms with Crippen molar-refractivity contribution in [3.8, 4) is 17.0 Å². The molecule has 5 rings (SSSR count). The SMILES string of the molecule is COc1ccc2c(c1)CCc1nc(NC(=O)Cc3ccccc3)c(CC3CCCC3)nc1-2. The van der Waals surface area contributed by atoms with Crippen molar-refractivity contribution in [3.63, 3.8) is 0 Å². The summed E-state index contributed by atoms with van der Waals surface area (Å²) in [5.74, 6) is 2.09. The second-order valence-corrected chi connectivity index (χ2v) is 8.90. The number of aryl methyl sites for hydroxylation is 2. The summed E-state index contributed by atoms with van der Waals surface area (Å²) < 4.78 is 5.41. The molecule has 1 heterocycles. The smallest absolute Gasteiger partial charge is 0.229 e. The number of carbonyl (C=O) groups excluding carboxylic acids is 1. The van der Waals surface area contributed by atoms with Gasteiger partial charge in [-0.05, 0) is 54.5 Å². The molecule has 1 saturated carbocycles. The second-order valence-electron chi connectivity index (χ2n) is 8.90. The number of benzene rings is 2. The lowest BCUT2D eigenvalue weighted by Crippen LogP contribution is -2.20. The number of fused-ring (bicyclic) bond motifs is 3.